The molecule has 8 atom stereocenters. The fraction of sp³-hybridized carbons (Fsp3) is 0.590. The number of carbonyl (C=O) groups excluding carboxylic acids is 3. The Morgan fingerprint density at radius 1 is 1.10 bits per heavy atom. The lowest BCUT2D eigenvalue weighted by molar-refractivity contribution is -0.177. The van der Waals surface area contributed by atoms with Gasteiger partial charge in [-0.25, -0.2) is 0 Å². The second-order valence-electron chi connectivity index (χ2n) is 15.6. The van der Waals surface area contributed by atoms with Crippen molar-refractivity contribution in [3.8, 4) is 11.1 Å². The van der Waals surface area contributed by atoms with Crippen molar-refractivity contribution in [3.05, 3.63) is 53.1 Å². The number of nitrogens with zero attached hydrogens (tertiary/aromatic N) is 2. The first kappa shape index (κ1) is 38.2. The van der Waals surface area contributed by atoms with Crippen LogP contribution in [0.4, 0.5) is 5.69 Å². The molecule has 1 aliphatic heterocycles. The number of carbonyl (C=O) groups is 4. The molecule has 2 bridgehead atoms. The predicted octanol–water partition coefficient (Wildman–Crippen LogP) is 3.74. The van der Waals surface area contributed by atoms with Gasteiger partial charge in [0.25, 0.3) is 5.91 Å². The Kier molecular flexibility index (Phi) is 11.5. The molecule has 3 saturated carbocycles. The number of aliphatic hydroxyl groups is 1. The minimum atomic E-state index is -1.07. The summed E-state index contributed by atoms with van der Waals surface area (Å²) in [5.41, 5.74) is 5.30. The summed E-state index contributed by atoms with van der Waals surface area (Å²) in [5, 5.41) is 30.6. The average Bonchev–Trinajstić information content (AvgIpc) is 3.45. The maximum atomic E-state index is 14.4. The highest BCUT2D eigenvalue weighted by atomic mass is 16.7. The minimum absolute atomic E-state index is 0.00380. The third kappa shape index (κ3) is 7.93. The van der Waals surface area contributed by atoms with Crippen LogP contribution in [0.15, 0.2) is 36.4 Å². The number of hydroxylamine groups is 2. The summed E-state index contributed by atoms with van der Waals surface area (Å²) < 4.78 is 0. The molecule has 0 aromatic heterocycles. The van der Waals surface area contributed by atoms with Crippen LogP contribution in [0.3, 0.4) is 0 Å². The zero-order valence-electron chi connectivity index (χ0n) is 31.2. The van der Waals surface area contributed by atoms with E-state index in [-0.39, 0.29) is 49.2 Å². The number of aliphatic carboxylic acids is 1. The lowest BCUT2D eigenvalue weighted by atomic mass is 9.45. The fourth-order valence-corrected chi connectivity index (χ4v) is 8.66. The zero-order valence-corrected chi connectivity index (χ0v) is 31.2. The summed E-state index contributed by atoms with van der Waals surface area (Å²) in [7, 11) is 5.45. The second-order valence-corrected chi connectivity index (χ2v) is 15.6. The first-order valence-electron chi connectivity index (χ1n) is 18.1. The summed E-state index contributed by atoms with van der Waals surface area (Å²) in [4.78, 5) is 59.0. The number of carboxylic acid groups (broad SMARTS) is 1. The van der Waals surface area contributed by atoms with Crippen molar-refractivity contribution < 1.29 is 34.2 Å². The molecule has 2 aromatic carbocycles. The topological polar surface area (TPSA) is 161 Å². The van der Waals surface area contributed by atoms with Gasteiger partial charge in [0.05, 0.1) is 19.1 Å². The van der Waals surface area contributed by atoms with Crippen molar-refractivity contribution >= 4 is 29.4 Å². The van der Waals surface area contributed by atoms with Crippen LogP contribution in [-0.4, -0.2) is 90.9 Å². The zero-order chi connectivity index (χ0) is 37.4. The molecule has 12 nitrogen and oxygen atoms in total. The van der Waals surface area contributed by atoms with E-state index in [9.17, 15) is 24.3 Å². The van der Waals surface area contributed by atoms with Crippen molar-refractivity contribution in [2.45, 2.75) is 91.1 Å². The molecule has 5 N–H and O–H groups in total. The highest BCUT2D eigenvalue weighted by Gasteiger charge is 2.57. The van der Waals surface area contributed by atoms with Gasteiger partial charge in [0.1, 0.15) is 12.1 Å². The number of hydrogen-bond acceptors (Lipinski definition) is 8. The first-order chi connectivity index (χ1) is 24.0. The number of rotatable bonds is 13. The van der Waals surface area contributed by atoms with Crippen LogP contribution in [0.25, 0.3) is 11.1 Å². The van der Waals surface area contributed by atoms with E-state index in [1.165, 1.54) is 6.42 Å². The van der Waals surface area contributed by atoms with Crippen LogP contribution in [-0.2, 0) is 25.8 Å². The second kappa shape index (κ2) is 15.3. The van der Waals surface area contributed by atoms with E-state index in [4.69, 9.17) is 9.94 Å². The van der Waals surface area contributed by atoms with Gasteiger partial charge in [0, 0.05) is 57.3 Å². The lowest BCUT2D eigenvalue weighted by Crippen LogP contribution is -2.62. The third-order valence-electron chi connectivity index (χ3n) is 12.0. The molecule has 6 rings (SSSR count). The molecule has 4 fully saturated rings. The van der Waals surface area contributed by atoms with E-state index < -0.39 is 36.0 Å². The molecule has 0 unspecified atom stereocenters. The molecule has 4 aliphatic rings. The van der Waals surface area contributed by atoms with Crippen LogP contribution in [0.5, 0.6) is 0 Å². The van der Waals surface area contributed by atoms with Gasteiger partial charge in [-0.1, -0.05) is 39.0 Å². The number of fused-ring (bicyclic) bond motifs is 2. The third-order valence-corrected chi connectivity index (χ3v) is 12.0. The lowest BCUT2D eigenvalue weighted by Gasteiger charge is -2.62. The highest BCUT2D eigenvalue weighted by molar-refractivity contribution is 5.96. The number of benzene rings is 2. The summed E-state index contributed by atoms with van der Waals surface area (Å²) in [6.07, 6.45) is -0.0949. The van der Waals surface area contributed by atoms with Gasteiger partial charge < -0.3 is 31.1 Å². The Morgan fingerprint density at radius 3 is 2.43 bits per heavy atom. The van der Waals surface area contributed by atoms with E-state index in [2.05, 4.69) is 36.7 Å². The Hall–Kier alpha value is -4.00. The number of amides is 3. The fourth-order valence-electron chi connectivity index (χ4n) is 8.66. The molecule has 1 saturated heterocycles. The van der Waals surface area contributed by atoms with Crippen LogP contribution >= 0.6 is 0 Å². The first-order valence-corrected chi connectivity index (χ1v) is 18.1. The van der Waals surface area contributed by atoms with Crippen molar-refractivity contribution in [2.24, 2.45) is 29.1 Å². The maximum Gasteiger partial charge on any atom is 0.303 e. The van der Waals surface area contributed by atoms with Gasteiger partial charge in [-0.15, -0.1) is 0 Å². The van der Waals surface area contributed by atoms with Gasteiger partial charge in [-0.2, -0.15) is 5.06 Å². The van der Waals surface area contributed by atoms with E-state index in [1.54, 1.807) is 19.0 Å². The van der Waals surface area contributed by atoms with Gasteiger partial charge in [-0.3, -0.25) is 24.0 Å². The van der Waals surface area contributed by atoms with Crippen LogP contribution in [0, 0.1) is 36.0 Å². The summed E-state index contributed by atoms with van der Waals surface area (Å²) >= 11 is 0. The van der Waals surface area contributed by atoms with E-state index in [0.717, 1.165) is 34.4 Å². The van der Waals surface area contributed by atoms with Crippen molar-refractivity contribution in [1.29, 1.82) is 0 Å². The van der Waals surface area contributed by atoms with E-state index >= 15 is 0 Å². The molecule has 2 aromatic rings. The molecule has 0 spiro atoms. The summed E-state index contributed by atoms with van der Waals surface area (Å²) in [6.45, 7) is 10.7. The van der Waals surface area contributed by atoms with Gasteiger partial charge in [0.15, 0.2) is 0 Å². The SMILES string of the molecule is CNC(=O)c1cc(-c2cccc(CN3O[C@@H](CNC(=O)CCC(=O)O)[C@@H]([C@H](C)O)[C@H]3C(=O)N[C@H]3C[C@H]4C[C@@H]([C@@H]3C)C4(C)C)c2C)cc(N(C)C)c1. The van der Waals surface area contributed by atoms with E-state index in [1.807, 2.05) is 62.3 Å². The number of aliphatic hydroxyl groups excluding tert-OH is 1. The average molecular weight is 706 g/mol. The smallest absolute Gasteiger partial charge is 0.303 e. The number of carboxylic acids is 1. The Morgan fingerprint density at radius 2 is 1.82 bits per heavy atom. The Balaban J connectivity index is 1.45. The van der Waals surface area contributed by atoms with Crippen LogP contribution < -0.4 is 20.9 Å². The van der Waals surface area contributed by atoms with Gasteiger partial charge in [-0.05, 0) is 90.3 Å². The van der Waals surface area contributed by atoms with Crippen molar-refractivity contribution in [3.63, 3.8) is 0 Å². The quantitative estimate of drug-likeness (QED) is 0.209. The van der Waals surface area contributed by atoms with Crippen molar-refractivity contribution in [1.82, 2.24) is 21.0 Å². The summed E-state index contributed by atoms with van der Waals surface area (Å²) in [6, 6.07) is 10.8. The molecule has 51 heavy (non-hydrogen) atoms. The normalized spacial score (nSPS) is 27.2. The number of anilines is 1. The molecule has 0 radical (unpaired) electrons. The van der Waals surface area contributed by atoms with Gasteiger partial charge in [0.2, 0.25) is 11.8 Å². The molecule has 1 heterocycles. The largest absolute Gasteiger partial charge is 0.481 e. The van der Waals surface area contributed by atoms with Crippen LogP contribution in [0.1, 0.15) is 74.9 Å². The minimum Gasteiger partial charge on any atom is -0.481 e. The predicted molar refractivity (Wildman–Crippen MR) is 195 cm³/mol. The molecule has 12 heteroatoms. The van der Waals surface area contributed by atoms with E-state index in [0.29, 0.717) is 23.3 Å². The summed E-state index contributed by atoms with van der Waals surface area (Å²) in [5.74, 6) is -1.23. The standard InChI is InChI=1S/C39H55N5O7/c1-21-24(10-9-11-29(21)25-14-26(37(49)40-6)16-28(15-25)43(7)8)20-44-36(38(50)42-31-18-27-17-30(22(31)2)39(27,4)5)35(23(3)45)32(51-44)19-41-33(46)12-13-34(47)48/h9-11,14-16,22-23,27,30-32,35-36,45H,12-13,17-20H2,1-8H3,(H,40,49)(H,41,46)(H,42,50)(H,47,48)/t22-,23-,27+,30-,31-,32-,35+,36-/m0/s1. The molecular weight excluding hydrogens is 650 g/mol. The molecular formula is C39H55N5O7. The monoisotopic (exact) mass is 705 g/mol. The maximum absolute atomic E-state index is 14.4. The molecule has 3 amide bonds. The van der Waals surface area contributed by atoms with Crippen molar-refractivity contribution in [2.75, 3.05) is 32.6 Å². The highest BCUT2D eigenvalue weighted by Crippen LogP contribution is 2.61. The Labute approximate surface area is 301 Å². The van der Waals surface area contributed by atoms with Gasteiger partial charge >= 0.3 is 5.97 Å². The number of nitrogens with one attached hydrogen (secondary N) is 3. The van der Waals surface area contributed by atoms with Crippen LogP contribution in [0.2, 0.25) is 0 Å². The molecule has 3 aliphatic carbocycles. The Bertz CT molecular complexity index is 1640. The number of hydrogen-bond donors (Lipinski definition) is 5. The molecule has 278 valence electrons.